The van der Waals surface area contributed by atoms with E-state index in [0.29, 0.717) is 25.9 Å². The normalized spacial score (nSPS) is 18.1. The van der Waals surface area contributed by atoms with Crippen molar-refractivity contribution in [3.8, 4) is 0 Å². The molecule has 2 aliphatic heterocycles. The molecule has 0 aromatic heterocycles. The Labute approximate surface area is 204 Å². The van der Waals surface area contributed by atoms with Crippen LogP contribution < -0.4 is 4.90 Å². The number of carbonyl (C=O) groups is 2. The van der Waals surface area contributed by atoms with E-state index in [4.69, 9.17) is 0 Å². The van der Waals surface area contributed by atoms with Crippen LogP contribution in [0.1, 0.15) is 68.9 Å². The van der Waals surface area contributed by atoms with Crippen LogP contribution in [0.25, 0.3) is 0 Å². The summed E-state index contributed by atoms with van der Waals surface area (Å²) in [4.78, 5) is 31.7. The van der Waals surface area contributed by atoms with Gasteiger partial charge in [-0.25, -0.2) is 0 Å². The van der Waals surface area contributed by atoms with E-state index in [0.717, 1.165) is 39.0 Å². The Hall–Kier alpha value is -2.82. The van der Waals surface area contributed by atoms with E-state index in [9.17, 15) is 9.59 Å². The second-order valence-corrected chi connectivity index (χ2v) is 9.71. The van der Waals surface area contributed by atoms with Crippen molar-refractivity contribution in [2.45, 2.75) is 70.9 Å². The molecule has 34 heavy (non-hydrogen) atoms. The van der Waals surface area contributed by atoms with Gasteiger partial charge in [0.1, 0.15) is 0 Å². The molecule has 0 N–H and O–H groups in total. The zero-order valence-corrected chi connectivity index (χ0v) is 20.5. The van der Waals surface area contributed by atoms with Gasteiger partial charge in [-0.2, -0.15) is 0 Å². The highest BCUT2D eigenvalue weighted by Gasteiger charge is 2.23. The SMILES string of the molecule is O=C1CCCN1CCC(=O)N1CCCCCCCCN(Cc2ccccc2)c2ccccc2C1. The number of amides is 2. The molecule has 0 aliphatic carbocycles. The Morgan fingerprint density at radius 1 is 0.735 bits per heavy atom. The molecular weight excluding hydrogens is 422 g/mol. The minimum absolute atomic E-state index is 0.166. The molecule has 0 radical (unpaired) electrons. The third-order valence-electron chi connectivity index (χ3n) is 7.14. The highest BCUT2D eigenvalue weighted by molar-refractivity contribution is 5.80. The number of carbonyl (C=O) groups excluding carboxylic acids is 2. The number of anilines is 1. The van der Waals surface area contributed by atoms with Crippen molar-refractivity contribution in [3.05, 3.63) is 65.7 Å². The standard InChI is InChI=1S/C29H39N3O2/c33-28-17-12-21-30(28)22-18-29(34)32-20-11-4-2-1-3-10-19-31(23-25-13-6-5-7-14-25)27-16-9-8-15-26(27)24-32/h5-9,13-16H,1-4,10-12,17-24H2. The number of nitrogens with zero attached hydrogens (tertiary/aromatic N) is 3. The molecule has 1 saturated heterocycles. The smallest absolute Gasteiger partial charge is 0.224 e. The van der Waals surface area contributed by atoms with E-state index in [1.54, 1.807) is 0 Å². The topological polar surface area (TPSA) is 43.9 Å². The van der Waals surface area contributed by atoms with Gasteiger partial charge in [-0.3, -0.25) is 9.59 Å². The van der Waals surface area contributed by atoms with Crippen LogP contribution in [0.2, 0.25) is 0 Å². The van der Waals surface area contributed by atoms with E-state index in [1.807, 2.05) is 9.80 Å². The summed E-state index contributed by atoms with van der Waals surface area (Å²) in [5, 5.41) is 0. The van der Waals surface area contributed by atoms with E-state index in [2.05, 4.69) is 59.5 Å². The summed E-state index contributed by atoms with van der Waals surface area (Å²) < 4.78 is 0. The van der Waals surface area contributed by atoms with Crippen LogP contribution in [0.3, 0.4) is 0 Å². The van der Waals surface area contributed by atoms with Crippen molar-refractivity contribution in [1.82, 2.24) is 9.80 Å². The number of hydrogen-bond donors (Lipinski definition) is 0. The van der Waals surface area contributed by atoms with Crippen molar-refractivity contribution in [1.29, 1.82) is 0 Å². The van der Waals surface area contributed by atoms with E-state index in [1.165, 1.54) is 48.9 Å². The number of fused-ring (bicyclic) bond motifs is 1. The Bertz CT molecular complexity index is 930. The second kappa shape index (κ2) is 12.6. The number of para-hydroxylation sites is 1. The van der Waals surface area contributed by atoms with E-state index >= 15 is 0 Å². The van der Waals surface area contributed by atoms with Gasteiger partial charge in [0.05, 0.1) is 0 Å². The Morgan fingerprint density at radius 2 is 1.41 bits per heavy atom. The number of benzene rings is 2. The van der Waals surface area contributed by atoms with Gasteiger partial charge in [0.15, 0.2) is 0 Å². The molecule has 182 valence electrons. The lowest BCUT2D eigenvalue weighted by atomic mass is 10.1. The third-order valence-corrected chi connectivity index (χ3v) is 7.14. The summed E-state index contributed by atoms with van der Waals surface area (Å²) in [7, 11) is 0. The van der Waals surface area contributed by atoms with Crippen LogP contribution in [0.4, 0.5) is 5.69 Å². The van der Waals surface area contributed by atoms with Crippen LogP contribution in [-0.4, -0.2) is 47.8 Å². The molecule has 2 aliphatic rings. The van der Waals surface area contributed by atoms with Gasteiger partial charge in [-0.1, -0.05) is 74.2 Å². The number of hydrogen-bond acceptors (Lipinski definition) is 3. The summed E-state index contributed by atoms with van der Waals surface area (Å²) in [5.74, 6) is 0.360. The van der Waals surface area contributed by atoms with Crippen molar-refractivity contribution in [2.75, 3.05) is 31.1 Å². The van der Waals surface area contributed by atoms with Crippen LogP contribution in [0.5, 0.6) is 0 Å². The molecule has 0 atom stereocenters. The molecule has 2 heterocycles. The van der Waals surface area contributed by atoms with E-state index in [-0.39, 0.29) is 11.8 Å². The van der Waals surface area contributed by atoms with Crippen LogP contribution in [0.15, 0.2) is 54.6 Å². The van der Waals surface area contributed by atoms with Crippen LogP contribution in [0, 0.1) is 0 Å². The molecule has 5 nitrogen and oxygen atoms in total. The van der Waals surface area contributed by atoms with Crippen LogP contribution in [-0.2, 0) is 22.7 Å². The monoisotopic (exact) mass is 461 g/mol. The van der Waals surface area contributed by atoms with Crippen molar-refractivity contribution in [3.63, 3.8) is 0 Å². The lowest BCUT2D eigenvalue weighted by Crippen LogP contribution is -2.36. The number of rotatable bonds is 5. The van der Waals surface area contributed by atoms with Gasteiger partial charge in [0, 0.05) is 57.8 Å². The highest BCUT2D eigenvalue weighted by Crippen LogP contribution is 2.26. The minimum Gasteiger partial charge on any atom is -0.367 e. The maximum atomic E-state index is 13.3. The first-order chi connectivity index (χ1) is 16.7. The molecule has 0 unspecified atom stereocenters. The lowest BCUT2D eigenvalue weighted by Gasteiger charge is -2.30. The first kappa shape index (κ1) is 24.3. The molecule has 0 spiro atoms. The molecular formula is C29H39N3O2. The van der Waals surface area contributed by atoms with E-state index < -0.39 is 0 Å². The second-order valence-electron chi connectivity index (χ2n) is 9.71. The average molecular weight is 462 g/mol. The summed E-state index contributed by atoms with van der Waals surface area (Å²) >= 11 is 0. The molecule has 5 heteroatoms. The number of likely N-dealkylation sites (tertiary alicyclic amines) is 1. The summed E-state index contributed by atoms with van der Waals surface area (Å²) in [6.45, 7) is 4.67. The van der Waals surface area contributed by atoms with Gasteiger partial charge in [-0.15, -0.1) is 0 Å². The summed E-state index contributed by atoms with van der Waals surface area (Å²) in [6.07, 6.45) is 9.11. The first-order valence-electron chi connectivity index (χ1n) is 13.1. The zero-order chi connectivity index (χ0) is 23.6. The summed E-state index contributed by atoms with van der Waals surface area (Å²) in [5.41, 5.74) is 3.76. The summed E-state index contributed by atoms with van der Waals surface area (Å²) in [6, 6.07) is 19.2. The van der Waals surface area contributed by atoms with Gasteiger partial charge in [-0.05, 0) is 36.5 Å². The predicted octanol–water partition coefficient (Wildman–Crippen LogP) is 5.39. The fourth-order valence-electron chi connectivity index (χ4n) is 5.18. The highest BCUT2D eigenvalue weighted by atomic mass is 16.2. The van der Waals surface area contributed by atoms with Crippen molar-refractivity contribution < 1.29 is 9.59 Å². The molecule has 0 saturated carbocycles. The Morgan fingerprint density at radius 3 is 2.18 bits per heavy atom. The predicted molar refractivity (Wildman–Crippen MR) is 137 cm³/mol. The average Bonchev–Trinajstić information content (AvgIpc) is 3.28. The minimum atomic E-state index is 0.166. The zero-order valence-electron chi connectivity index (χ0n) is 20.5. The lowest BCUT2D eigenvalue weighted by molar-refractivity contribution is -0.133. The largest absolute Gasteiger partial charge is 0.367 e. The molecule has 2 aromatic rings. The van der Waals surface area contributed by atoms with Gasteiger partial charge >= 0.3 is 0 Å². The van der Waals surface area contributed by atoms with Crippen molar-refractivity contribution in [2.24, 2.45) is 0 Å². The third kappa shape index (κ3) is 6.85. The first-order valence-corrected chi connectivity index (χ1v) is 13.1. The molecule has 1 fully saturated rings. The quantitative estimate of drug-likeness (QED) is 0.600. The Kier molecular flexibility index (Phi) is 9.00. The molecule has 2 amide bonds. The molecule has 0 bridgehead atoms. The Balaban J connectivity index is 1.52. The van der Waals surface area contributed by atoms with Crippen LogP contribution >= 0.6 is 0 Å². The van der Waals surface area contributed by atoms with Gasteiger partial charge in [0.25, 0.3) is 0 Å². The van der Waals surface area contributed by atoms with Gasteiger partial charge < -0.3 is 14.7 Å². The maximum absolute atomic E-state index is 13.3. The molecule has 2 aromatic carbocycles. The fraction of sp³-hybridized carbons (Fsp3) is 0.517. The van der Waals surface area contributed by atoms with Crippen molar-refractivity contribution >= 4 is 17.5 Å². The maximum Gasteiger partial charge on any atom is 0.224 e. The molecule has 4 rings (SSSR count). The van der Waals surface area contributed by atoms with Gasteiger partial charge in [0.2, 0.25) is 11.8 Å². The fourth-order valence-corrected chi connectivity index (χ4v) is 5.18.